The van der Waals surface area contributed by atoms with E-state index in [0.29, 0.717) is 23.0 Å². The Kier molecular flexibility index (Phi) is 4.82. The highest BCUT2D eigenvalue weighted by molar-refractivity contribution is 8.00. The van der Waals surface area contributed by atoms with Crippen LogP contribution < -0.4 is 5.32 Å². The number of carbonyl (C=O) groups excluding carboxylic acids is 1. The highest BCUT2D eigenvalue weighted by Crippen LogP contribution is 2.29. The number of aromatic nitrogens is 3. The first-order valence-electron chi connectivity index (χ1n) is 7.50. The van der Waals surface area contributed by atoms with Crippen LogP contribution in [-0.4, -0.2) is 25.9 Å². The first-order valence-corrected chi connectivity index (χ1v) is 8.76. The van der Waals surface area contributed by atoms with Crippen molar-refractivity contribution in [3.63, 3.8) is 0 Å². The normalized spacial score (nSPS) is 12.5. The number of rotatable bonds is 5. The smallest absolute Gasteiger partial charge is 0.239 e. The lowest BCUT2D eigenvalue weighted by Gasteiger charge is -2.13. The lowest BCUT2D eigenvalue weighted by atomic mass is 10.3. The van der Waals surface area contributed by atoms with Gasteiger partial charge in [0.1, 0.15) is 5.76 Å². The Balaban J connectivity index is 1.79. The molecule has 0 saturated carbocycles. The largest absolute Gasteiger partial charge is 0.360 e. The van der Waals surface area contributed by atoms with E-state index >= 15 is 0 Å². The van der Waals surface area contributed by atoms with Gasteiger partial charge in [0.2, 0.25) is 5.91 Å². The molecule has 0 saturated heterocycles. The number of thioether (sulfide) groups is 1. The van der Waals surface area contributed by atoms with E-state index in [1.54, 1.807) is 13.0 Å². The molecule has 2 heterocycles. The van der Waals surface area contributed by atoms with Gasteiger partial charge in [0.15, 0.2) is 11.0 Å². The quantitative estimate of drug-likeness (QED) is 0.692. The summed E-state index contributed by atoms with van der Waals surface area (Å²) in [5, 5.41) is 7.69. The van der Waals surface area contributed by atoms with Crippen LogP contribution in [0.4, 0.5) is 5.82 Å². The molecule has 1 aromatic carbocycles. The number of hydrogen-bond acceptors (Lipinski definition) is 5. The summed E-state index contributed by atoms with van der Waals surface area (Å²) in [6.07, 6.45) is 0.664. The van der Waals surface area contributed by atoms with Crippen LogP contribution in [0.5, 0.6) is 0 Å². The standard InChI is InChI=1S/C16H17ClN4O2S/c1-4-13(15(22)19-14-7-9(2)23-20-14)24-16-18-11-8-10(17)5-6-12(11)21(16)3/h5-8,13H,4H2,1-3H3,(H,19,20,22)/t13-/m0/s1. The van der Waals surface area contributed by atoms with E-state index in [1.807, 2.05) is 36.7 Å². The highest BCUT2D eigenvalue weighted by atomic mass is 35.5. The van der Waals surface area contributed by atoms with Crippen LogP contribution in [0, 0.1) is 6.92 Å². The van der Waals surface area contributed by atoms with Crippen molar-refractivity contribution in [3.05, 3.63) is 35.0 Å². The van der Waals surface area contributed by atoms with E-state index in [9.17, 15) is 4.79 Å². The molecule has 3 aromatic rings. The second kappa shape index (κ2) is 6.86. The first-order chi connectivity index (χ1) is 11.5. The van der Waals surface area contributed by atoms with Gasteiger partial charge in [0.25, 0.3) is 0 Å². The van der Waals surface area contributed by atoms with E-state index in [0.717, 1.165) is 16.2 Å². The molecule has 0 aliphatic rings. The molecule has 0 aliphatic heterocycles. The Morgan fingerprint density at radius 3 is 2.92 bits per heavy atom. The number of nitrogens with zero attached hydrogens (tertiary/aromatic N) is 3. The molecule has 126 valence electrons. The van der Waals surface area contributed by atoms with Crippen LogP contribution in [0.1, 0.15) is 19.1 Å². The van der Waals surface area contributed by atoms with Gasteiger partial charge < -0.3 is 14.4 Å². The van der Waals surface area contributed by atoms with E-state index in [1.165, 1.54) is 11.8 Å². The van der Waals surface area contributed by atoms with Gasteiger partial charge in [-0.3, -0.25) is 4.79 Å². The molecular weight excluding hydrogens is 348 g/mol. The zero-order chi connectivity index (χ0) is 17.3. The highest BCUT2D eigenvalue weighted by Gasteiger charge is 2.22. The van der Waals surface area contributed by atoms with Crippen LogP contribution in [0.2, 0.25) is 5.02 Å². The Morgan fingerprint density at radius 2 is 2.25 bits per heavy atom. The molecule has 1 amide bonds. The van der Waals surface area contributed by atoms with Crippen LogP contribution >= 0.6 is 23.4 Å². The lowest BCUT2D eigenvalue weighted by molar-refractivity contribution is -0.115. The van der Waals surface area contributed by atoms with Crippen molar-refractivity contribution >= 4 is 46.1 Å². The van der Waals surface area contributed by atoms with E-state index in [-0.39, 0.29) is 11.2 Å². The number of amides is 1. The zero-order valence-electron chi connectivity index (χ0n) is 13.5. The molecule has 0 fully saturated rings. The fourth-order valence-corrected chi connectivity index (χ4v) is 3.50. The third kappa shape index (κ3) is 3.42. The fraction of sp³-hybridized carbons (Fsp3) is 0.312. The zero-order valence-corrected chi connectivity index (χ0v) is 15.1. The lowest BCUT2D eigenvalue weighted by Crippen LogP contribution is -2.25. The molecule has 0 unspecified atom stereocenters. The molecule has 0 bridgehead atoms. The molecule has 24 heavy (non-hydrogen) atoms. The topological polar surface area (TPSA) is 73.0 Å². The monoisotopic (exact) mass is 364 g/mol. The van der Waals surface area contributed by atoms with Gasteiger partial charge >= 0.3 is 0 Å². The number of benzene rings is 1. The van der Waals surface area contributed by atoms with Crippen molar-refractivity contribution in [1.82, 2.24) is 14.7 Å². The Hall–Kier alpha value is -1.99. The first kappa shape index (κ1) is 16.9. The van der Waals surface area contributed by atoms with Crippen molar-refractivity contribution in [2.45, 2.75) is 30.7 Å². The summed E-state index contributed by atoms with van der Waals surface area (Å²) in [5.41, 5.74) is 1.79. The minimum atomic E-state index is -0.284. The molecule has 0 radical (unpaired) electrons. The molecule has 8 heteroatoms. The van der Waals surface area contributed by atoms with E-state index < -0.39 is 0 Å². The second-order valence-corrected chi connectivity index (χ2v) is 7.02. The molecule has 1 N–H and O–H groups in total. The molecule has 0 spiro atoms. The summed E-state index contributed by atoms with van der Waals surface area (Å²) >= 11 is 7.44. The maximum absolute atomic E-state index is 12.5. The fourth-order valence-electron chi connectivity index (χ4n) is 2.34. The number of aryl methyl sites for hydroxylation is 2. The SMILES string of the molecule is CC[C@H](Sc1nc2cc(Cl)ccc2n1C)C(=O)Nc1cc(C)on1. The molecule has 0 aliphatic carbocycles. The maximum atomic E-state index is 12.5. The summed E-state index contributed by atoms with van der Waals surface area (Å²) in [4.78, 5) is 17.0. The van der Waals surface area contributed by atoms with Crippen LogP contribution in [0.25, 0.3) is 11.0 Å². The van der Waals surface area contributed by atoms with Gasteiger partial charge in [-0.1, -0.05) is 35.4 Å². The van der Waals surface area contributed by atoms with Gasteiger partial charge in [-0.2, -0.15) is 0 Å². The van der Waals surface area contributed by atoms with Crippen molar-refractivity contribution in [3.8, 4) is 0 Å². The molecular formula is C16H17ClN4O2S. The summed E-state index contributed by atoms with van der Waals surface area (Å²) in [6, 6.07) is 7.26. The van der Waals surface area contributed by atoms with Gasteiger partial charge in [-0.15, -0.1) is 0 Å². The Labute approximate surface area is 148 Å². The average molecular weight is 365 g/mol. The van der Waals surface area contributed by atoms with Crippen molar-refractivity contribution < 1.29 is 9.32 Å². The molecule has 1 atom stereocenters. The number of nitrogens with one attached hydrogen (secondary N) is 1. The second-order valence-electron chi connectivity index (χ2n) is 5.41. The Bertz CT molecular complexity index is 889. The van der Waals surface area contributed by atoms with Crippen molar-refractivity contribution in [2.24, 2.45) is 7.05 Å². The van der Waals surface area contributed by atoms with Crippen LogP contribution in [0.15, 0.2) is 33.9 Å². The van der Waals surface area contributed by atoms with Crippen LogP contribution in [-0.2, 0) is 11.8 Å². The minimum absolute atomic E-state index is 0.124. The van der Waals surface area contributed by atoms with Gasteiger partial charge in [-0.25, -0.2) is 4.98 Å². The number of anilines is 1. The van der Waals surface area contributed by atoms with Gasteiger partial charge in [-0.05, 0) is 31.5 Å². The molecule has 6 nitrogen and oxygen atoms in total. The maximum Gasteiger partial charge on any atom is 0.239 e. The van der Waals surface area contributed by atoms with Crippen LogP contribution in [0.3, 0.4) is 0 Å². The molecule has 3 rings (SSSR count). The Morgan fingerprint density at radius 1 is 1.46 bits per heavy atom. The summed E-state index contributed by atoms with van der Waals surface area (Å²) < 4.78 is 6.93. The number of halogens is 1. The van der Waals surface area contributed by atoms with Crippen molar-refractivity contribution in [2.75, 3.05) is 5.32 Å². The predicted octanol–water partition coefficient (Wildman–Crippen LogP) is 4.03. The van der Waals surface area contributed by atoms with E-state index in [4.69, 9.17) is 16.1 Å². The number of carbonyl (C=O) groups is 1. The summed E-state index contributed by atoms with van der Waals surface area (Å²) in [6.45, 7) is 3.74. The summed E-state index contributed by atoms with van der Waals surface area (Å²) in [5.74, 6) is 0.951. The van der Waals surface area contributed by atoms with Gasteiger partial charge in [0.05, 0.1) is 16.3 Å². The summed E-state index contributed by atoms with van der Waals surface area (Å²) in [7, 11) is 1.93. The molecule has 2 aromatic heterocycles. The predicted molar refractivity (Wildman–Crippen MR) is 95.5 cm³/mol. The number of imidazole rings is 1. The number of hydrogen-bond donors (Lipinski definition) is 1. The minimum Gasteiger partial charge on any atom is -0.360 e. The average Bonchev–Trinajstić information content (AvgIpc) is 3.08. The third-order valence-corrected chi connectivity index (χ3v) is 5.23. The third-order valence-electron chi connectivity index (χ3n) is 3.59. The van der Waals surface area contributed by atoms with Crippen molar-refractivity contribution in [1.29, 1.82) is 0 Å². The van der Waals surface area contributed by atoms with E-state index in [2.05, 4.69) is 15.5 Å². The van der Waals surface area contributed by atoms with Gasteiger partial charge in [0, 0.05) is 18.1 Å². The number of fused-ring (bicyclic) bond motifs is 1.